The number of likely N-dealkylation sites (N-methyl/N-ethyl adjacent to an activating group) is 1. The summed E-state index contributed by atoms with van der Waals surface area (Å²) in [6.07, 6.45) is 2.56. The first-order valence-electron chi connectivity index (χ1n) is 8.19. The molecule has 1 amide bonds. The molecule has 1 aromatic rings. The van der Waals surface area contributed by atoms with Crippen molar-refractivity contribution in [3.05, 3.63) is 23.8 Å². The summed E-state index contributed by atoms with van der Waals surface area (Å²) < 4.78 is 11.1. The number of benzene rings is 1. The fourth-order valence-electron chi connectivity index (χ4n) is 3.03. The van der Waals surface area contributed by atoms with Crippen molar-refractivity contribution in [3.63, 3.8) is 0 Å². The van der Waals surface area contributed by atoms with Crippen molar-refractivity contribution in [1.82, 2.24) is 9.80 Å². The molecule has 2 aliphatic rings. The van der Waals surface area contributed by atoms with E-state index in [-0.39, 0.29) is 5.91 Å². The summed E-state index contributed by atoms with van der Waals surface area (Å²) in [5, 5.41) is 0. The Morgan fingerprint density at radius 2 is 1.91 bits per heavy atom. The van der Waals surface area contributed by atoms with Gasteiger partial charge in [0.15, 0.2) is 11.5 Å². The number of fused-ring (bicyclic) bond motifs is 1. The molecule has 1 aromatic carbocycles. The first-order chi connectivity index (χ1) is 10.8. The van der Waals surface area contributed by atoms with Crippen molar-refractivity contribution >= 4 is 5.91 Å². The zero-order valence-electron chi connectivity index (χ0n) is 13.2. The number of rotatable bonds is 5. The van der Waals surface area contributed by atoms with Crippen molar-refractivity contribution in [1.29, 1.82) is 0 Å². The topological polar surface area (TPSA) is 42.0 Å². The molecule has 0 radical (unpaired) electrons. The molecule has 0 spiro atoms. The van der Waals surface area contributed by atoms with Crippen LogP contribution in [0.25, 0.3) is 0 Å². The number of likely N-dealkylation sites (tertiary alicyclic amines) is 1. The minimum atomic E-state index is 0.0682. The molecular formula is C17H24N2O3. The summed E-state index contributed by atoms with van der Waals surface area (Å²) in [5.74, 6) is 1.47. The lowest BCUT2D eigenvalue weighted by Gasteiger charge is -2.25. The highest BCUT2D eigenvalue weighted by molar-refractivity contribution is 5.95. The smallest absolute Gasteiger partial charge is 0.254 e. The molecular weight excluding hydrogens is 280 g/mol. The molecule has 1 fully saturated rings. The highest BCUT2D eigenvalue weighted by atomic mass is 16.6. The van der Waals surface area contributed by atoms with E-state index in [0.717, 1.165) is 38.5 Å². The molecule has 120 valence electrons. The van der Waals surface area contributed by atoms with E-state index in [1.54, 1.807) is 6.07 Å². The number of nitrogens with zero attached hydrogens (tertiary/aromatic N) is 2. The number of carbonyl (C=O) groups excluding carboxylic acids is 1. The van der Waals surface area contributed by atoms with Gasteiger partial charge in [0.25, 0.3) is 5.91 Å². The number of hydrogen-bond donors (Lipinski definition) is 0. The Labute approximate surface area is 131 Å². The van der Waals surface area contributed by atoms with Crippen LogP contribution in [0.1, 0.15) is 30.1 Å². The molecule has 1 saturated heterocycles. The van der Waals surface area contributed by atoms with Crippen LogP contribution >= 0.6 is 0 Å². The Kier molecular flexibility index (Phi) is 4.83. The predicted molar refractivity (Wildman–Crippen MR) is 84.7 cm³/mol. The average molecular weight is 304 g/mol. The number of hydrogen-bond acceptors (Lipinski definition) is 4. The minimum Gasteiger partial charge on any atom is -0.486 e. The van der Waals surface area contributed by atoms with E-state index in [1.165, 1.54) is 12.8 Å². The Hall–Kier alpha value is -1.75. The third kappa shape index (κ3) is 3.35. The van der Waals surface area contributed by atoms with E-state index in [4.69, 9.17) is 9.47 Å². The lowest BCUT2D eigenvalue weighted by Crippen LogP contribution is -2.37. The van der Waals surface area contributed by atoms with Gasteiger partial charge < -0.3 is 19.3 Å². The molecule has 5 heteroatoms. The largest absolute Gasteiger partial charge is 0.486 e. The summed E-state index contributed by atoms with van der Waals surface area (Å²) in [7, 11) is 0. The average Bonchev–Trinajstić information content (AvgIpc) is 3.08. The Bertz CT molecular complexity index is 527. The normalized spacial score (nSPS) is 17.5. The molecule has 2 aliphatic heterocycles. The van der Waals surface area contributed by atoms with Crippen LogP contribution in [-0.4, -0.2) is 61.6 Å². The summed E-state index contributed by atoms with van der Waals surface area (Å²) in [4.78, 5) is 17.0. The lowest BCUT2D eigenvalue weighted by molar-refractivity contribution is 0.0748. The molecule has 0 saturated carbocycles. The number of carbonyl (C=O) groups is 1. The number of amides is 1. The van der Waals surface area contributed by atoms with Gasteiger partial charge in [-0.3, -0.25) is 4.79 Å². The molecule has 0 bridgehead atoms. The van der Waals surface area contributed by atoms with Crippen molar-refractivity contribution in [2.24, 2.45) is 0 Å². The third-order valence-corrected chi connectivity index (χ3v) is 4.34. The van der Waals surface area contributed by atoms with Gasteiger partial charge in [-0.1, -0.05) is 0 Å². The summed E-state index contributed by atoms with van der Waals surface area (Å²) in [6, 6.07) is 5.46. The highest BCUT2D eigenvalue weighted by Gasteiger charge is 2.20. The van der Waals surface area contributed by atoms with Crippen LogP contribution < -0.4 is 9.47 Å². The van der Waals surface area contributed by atoms with Crippen LogP contribution in [0.5, 0.6) is 11.5 Å². The van der Waals surface area contributed by atoms with Crippen molar-refractivity contribution in [2.75, 3.05) is 45.9 Å². The highest BCUT2D eigenvalue weighted by Crippen LogP contribution is 2.31. The quantitative estimate of drug-likeness (QED) is 0.834. The lowest BCUT2D eigenvalue weighted by atomic mass is 10.1. The Balaban J connectivity index is 1.65. The summed E-state index contributed by atoms with van der Waals surface area (Å²) in [6.45, 7) is 7.93. The van der Waals surface area contributed by atoms with Gasteiger partial charge in [0.2, 0.25) is 0 Å². The molecule has 3 rings (SSSR count). The molecule has 0 aromatic heterocycles. The standard InChI is InChI=1S/C17H24N2O3/c1-2-19(10-9-18-7-3-4-8-18)17(20)14-5-6-15-16(13-14)22-12-11-21-15/h5-6,13H,2-4,7-12H2,1H3. The van der Waals surface area contributed by atoms with Crippen molar-refractivity contribution < 1.29 is 14.3 Å². The molecule has 0 atom stereocenters. The molecule has 0 N–H and O–H groups in total. The van der Waals surface area contributed by atoms with Crippen LogP contribution in [0.2, 0.25) is 0 Å². The van der Waals surface area contributed by atoms with E-state index in [2.05, 4.69) is 4.90 Å². The summed E-state index contributed by atoms with van der Waals surface area (Å²) in [5.41, 5.74) is 0.674. The van der Waals surface area contributed by atoms with Gasteiger partial charge in [0, 0.05) is 25.2 Å². The van der Waals surface area contributed by atoms with Crippen LogP contribution in [0, 0.1) is 0 Å². The van der Waals surface area contributed by atoms with Gasteiger partial charge in [-0.05, 0) is 51.1 Å². The van der Waals surface area contributed by atoms with Crippen LogP contribution in [-0.2, 0) is 0 Å². The van der Waals surface area contributed by atoms with E-state index in [0.29, 0.717) is 24.5 Å². The Morgan fingerprint density at radius 1 is 1.18 bits per heavy atom. The maximum Gasteiger partial charge on any atom is 0.254 e. The van der Waals surface area contributed by atoms with Crippen molar-refractivity contribution in [2.45, 2.75) is 19.8 Å². The minimum absolute atomic E-state index is 0.0682. The third-order valence-electron chi connectivity index (χ3n) is 4.34. The van der Waals surface area contributed by atoms with Gasteiger partial charge in [-0.15, -0.1) is 0 Å². The molecule has 5 nitrogen and oxygen atoms in total. The first-order valence-corrected chi connectivity index (χ1v) is 8.19. The molecule has 2 heterocycles. The summed E-state index contributed by atoms with van der Waals surface area (Å²) >= 11 is 0. The monoisotopic (exact) mass is 304 g/mol. The zero-order chi connectivity index (χ0) is 15.4. The van der Waals surface area contributed by atoms with Gasteiger partial charge in [0.1, 0.15) is 13.2 Å². The fourth-order valence-corrected chi connectivity index (χ4v) is 3.03. The van der Waals surface area contributed by atoms with Gasteiger partial charge in [0.05, 0.1) is 0 Å². The van der Waals surface area contributed by atoms with Crippen LogP contribution in [0.15, 0.2) is 18.2 Å². The zero-order valence-corrected chi connectivity index (χ0v) is 13.2. The maximum atomic E-state index is 12.7. The van der Waals surface area contributed by atoms with Crippen molar-refractivity contribution in [3.8, 4) is 11.5 Å². The van der Waals surface area contributed by atoms with E-state index in [1.807, 2.05) is 24.0 Å². The number of ether oxygens (including phenoxy) is 2. The maximum absolute atomic E-state index is 12.7. The van der Waals surface area contributed by atoms with Crippen LogP contribution in [0.4, 0.5) is 0 Å². The second-order valence-corrected chi connectivity index (χ2v) is 5.79. The van der Waals surface area contributed by atoms with Crippen LogP contribution in [0.3, 0.4) is 0 Å². The predicted octanol–water partition coefficient (Wildman–Crippen LogP) is 2.02. The van der Waals surface area contributed by atoms with E-state index in [9.17, 15) is 4.79 Å². The van der Waals surface area contributed by atoms with Gasteiger partial charge in [-0.2, -0.15) is 0 Å². The first kappa shape index (κ1) is 15.2. The van der Waals surface area contributed by atoms with E-state index < -0.39 is 0 Å². The second kappa shape index (κ2) is 7.01. The SMILES string of the molecule is CCN(CCN1CCCC1)C(=O)c1ccc2c(c1)OCCO2. The molecule has 22 heavy (non-hydrogen) atoms. The van der Waals surface area contributed by atoms with Gasteiger partial charge >= 0.3 is 0 Å². The van der Waals surface area contributed by atoms with E-state index >= 15 is 0 Å². The molecule has 0 aliphatic carbocycles. The fraction of sp³-hybridized carbons (Fsp3) is 0.588. The molecule has 0 unspecified atom stereocenters. The van der Waals surface area contributed by atoms with Gasteiger partial charge in [-0.25, -0.2) is 0 Å². The second-order valence-electron chi connectivity index (χ2n) is 5.79. The Morgan fingerprint density at radius 3 is 2.64 bits per heavy atom.